The van der Waals surface area contributed by atoms with Crippen molar-refractivity contribution in [1.82, 2.24) is 5.32 Å². The van der Waals surface area contributed by atoms with Crippen LogP contribution in [-0.4, -0.2) is 29.1 Å². The largest absolute Gasteiger partial charge is 0.481 e. The van der Waals surface area contributed by atoms with E-state index in [0.717, 1.165) is 12.8 Å². The maximum absolute atomic E-state index is 11.7. The average molecular weight is 228 g/mol. The predicted octanol–water partition coefficient (Wildman–Crippen LogP) is 0.485. The molecule has 5 nitrogen and oxygen atoms in total. The fourth-order valence-corrected chi connectivity index (χ4v) is 1.66. The number of carbonyl (C=O) groups is 2. The first-order valence-electron chi connectivity index (χ1n) is 5.73. The van der Waals surface area contributed by atoms with Crippen molar-refractivity contribution in [3.63, 3.8) is 0 Å². The number of hydrogen-bond donors (Lipinski definition) is 3. The van der Waals surface area contributed by atoms with Crippen LogP contribution in [-0.2, 0) is 9.59 Å². The number of carbonyl (C=O) groups excluding carboxylic acids is 1. The molecule has 5 heteroatoms. The number of carboxylic acid groups (broad SMARTS) is 1. The molecule has 1 aliphatic carbocycles. The third-order valence-electron chi connectivity index (χ3n) is 3.02. The summed E-state index contributed by atoms with van der Waals surface area (Å²) in [7, 11) is 0. The lowest BCUT2D eigenvalue weighted by Gasteiger charge is -2.23. The number of nitrogens with two attached hydrogens (primary N) is 1. The molecule has 1 aliphatic rings. The Morgan fingerprint density at radius 1 is 1.44 bits per heavy atom. The fraction of sp³-hybridized carbons (Fsp3) is 0.818. The second-order valence-corrected chi connectivity index (χ2v) is 4.66. The van der Waals surface area contributed by atoms with Gasteiger partial charge in [0.25, 0.3) is 0 Å². The van der Waals surface area contributed by atoms with Gasteiger partial charge in [0.05, 0.1) is 5.54 Å². The van der Waals surface area contributed by atoms with E-state index >= 15 is 0 Å². The van der Waals surface area contributed by atoms with Crippen LogP contribution in [0.3, 0.4) is 0 Å². The Kier molecular flexibility index (Phi) is 4.29. The monoisotopic (exact) mass is 228 g/mol. The van der Waals surface area contributed by atoms with E-state index in [4.69, 9.17) is 10.8 Å². The smallest absolute Gasteiger partial charge is 0.303 e. The summed E-state index contributed by atoms with van der Waals surface area (Å²) in [5.74, 6) is -0.607. The maximum atomic E-state index is 11.7. The van der Waals surface area contributed by atoms with Crippen LogP contribution in [0.4, 0.5) is 0 Å². The van der Waals surface area contributed by atoms with E-state index in [1.165, 1.54) is 0 Å². The Hall–Kier alpha value is -1.10. The second kappa shape index (κ2) is 5.30. The first-order chi connectivity index (χ1) is 7.44. The van der Waals surface area contributed by atoms with E-state index in [0.29, 0.717) is 25.3 Å². The molecule has 92 valence electrons. The minimum atomic E-state index is -0.798. The topological polar surface area (TPSA) is 92.4 Å². The van der Waals surface area contributed by atoms with E-state index in [2.05, 4.69) is 5.32 Å². The van der Waals surface area contributed by atoms with Crippen molar-refractivity contribution in [3.8, 4) is 0 Å². The van der Waals surface area contributed by atoms with Crippen LogP contribution in [0.25, 0.3) is 0 Å². The molecule has 0 aliphatic heterocycles. The van der Waals surface area contributed by atoms with Gasteiger partial charge in [-0.25, -0.2) is 0 Å². The Labute approximate surface area is 95.4 Å². The number of hydrogen-bond acceptors (Lipinski definition) is 3. The summed E-state index contributed by atoms with van der Waals surface area (Å²) in [6.07, 6.45) is 3.47. The Balaban J connectivity index is 2.12. The van der Waals surface area contributed by atoms with Crippen LogP contribution in [0.2, 0.25) is 0 Å². The number of amides is 1. The number of aliphatic carboxylic acids is 1. The van der Waals surface area contributed by atoms with Gasteiger partial charge in [-0.15, -0.1) is 0 Å². The van der Waals surface area contributed by atoms with E-state index in [1.807, 2.05) is 0 Å². The normalized spacial score (nSPS) is 18.9. The van der Waals surface area contributed by atoms with Crippen LogP contribution in [0.5, 0.6) is 0 Å². The van der Waals surface area contributed by atoms with Crippen molar-refractivity contribution in [2.24, 2.45) is 11.7 Å². The first kappa shape index (κ1) is 13.0. The lowest BCUT2D eigenvalue weighted by atomic mass is 9.96. The Morgan fingerprint density at radius 2 is 2.06 bits per heavy atom. The van der Waals surface area contributed by atoms with Crippen LogP contribution in [0, 0.1) is 5.92 Å². The highest BCUT2D eigenvalue weighted by Crippen LogP contribution is 2.38. The summed E-state index contributed by atoms with van der Waals surface area (Å²) in [6.45, 7) is 2.27. The number of nitrogens with one attached hydrogen (secondary N) is 1. The molecule has 0 bridgehead atoms. The molecule has 1 atom stereocenters. The molecule has 1 unspecified atom stereocenters. The first-order valence-corrected chi connectivity index (χ1v) is 5.73. The molecule has 4 N–H and O–H groups in total. The third-order valence-corrected chi connectivity index (χ3v) is 3.02. The zero-order chi connectivity index (χ0) is 12.2. The Morgan fingerprint density at radius 3 is 2.56 bits per heavy atom. The third kappa shape index (κ3) is 3.81. The summed E-state index contributed by atoms with van der Waals surface area (Å²) in [4.78, 5) is 21.9. The van der Waals surface area contributed by atoms with Gasteiger partial charge in [-0.2, -0.15) is 0 Å². The SMILES string of the molecule is CC(N)(C(=O)NCCCCC(=O)O)C1CC1. The minimum Gasteiger partial charge on any atom is -0.481 e. The van der Waals surface area contributed by atoms with Crippen molar-refractivity contribution in [3.05, 3.63) is 0 Å². The van der Waals surface area contributed by atoms with Crippen molar-refractivity contribution < 1.29 is 14.7 Å². The number of unbranched alkanes of at least 4 members (excludes halogenated alkanes) is 1. The number of rotatable bonds is 7. The number of carboxylic acids is 1. The predicted molar refractivity (Wildman–Crippen MR) is 59.8 cm³/mol. The molecule has 0 saturated heterocycles. The van der Waals surface area contributed by atoms with Crippen molar-refractivity contribution in [2.75, 3.05) is 6.54 Å². The summed E-state index contributed by atoms with van der Waals surface area (Å²) >= 11 is 0. The standard InChI is InChI=1S/C11H20N2O3/c1-11(12,8-5-6-8)10(16)13-7-3-2-4-9(14)15/h8H,2-7,12H2,1H3,(H,13,16)(H,14,15). The van der Waals surface area contributed by atoms with Gasteiger partial charge in [-0.1, -0.05) is 0 Å². The van der Waals surface area contributed by atoms with Gasteiger partial charge in [0.15, 0.2) is 0 Å². The molecule has 0 aromatic rings. The zero-order valence-electron chi connectivity index (χ0n) is 9.66. The summed E-state index contributed by atoms with van der Waals surface area (Å²) in [5, 5.41) is 11.2. The van der Waals surface area contributed by atoms with Crippen molar-refractivity contribution >= 4 is 11.9 Å². The molecule has 1 saturated carbocycles. The molecule has 1 fully saturated rings. The highest BCUT2D eigenvalue weighted by molar-refractivity contribution is 5.86. The van der Waals surface area contributed by atoms with E-state index in [9.17, 15) is 9.59 Å². The molecule has 0 spiro atoms. The zero-order valence-corrected chi connectivity index (χ0v) is 9.66. The van der Waals surface area contributed by atoms with Gasteiger partial charge in [0.2, 0.25) is 5.91 Å². The second-order valence-electron chi connectivity index (χ2n) is 4.66. The maximum Gasteiger partial charge on any atom is 0.303 e. The average Bonchev–Trinajstić information content (AvgIpc) is 2.99. The molecule has 0 radical (unpaired) electrons. The van der Waals surface area contributed by atoms with Gasteiger partial charge in [0.1, 0.15) is 0 Å². The van der Waals surface area contributed by atoms with Gasteiger partial charge in [-0.05, 0) is 38.5 Å². The lowest BCUT2D eigenvalue weighted by molar-refractivity contribution is -0.137. The van der Waals surface area contributed by atoms with Gasteiger partial charge < -0.3 is 16.2 Å². The van der Waals surface area contributed by atoms with Crippen LogP contribution >= 0.6 is 0 Å². The summed E-state index contributed by atoms with van der Waals surface area (Å²) in [6, 6.07) is 0. The van der Waals surface area contributed by atoms with E-state index in [-0.39, 0.29) is 12.3 Å². The lowest BCUT2D eigenvalue weighted by Crippen LogP contribution is -2.53. The van der Waals surface area contributed by atoms with Crippen molar-refractivity contribution in [1.29, 1.82) is 0 Å². The summed E-state index contributed by atoms with van der Waals surface area (Å²) < 4.78 is 0. The highest BCUT2D eigenvalue weighted by atomic mass is 16.4. The van der Waals surface area contributed by atoms with E-state index in [1.54, 1.807) is 6.92 Å². The minimum absolute atomic E-state index is 0.120. The molecule has 0 aromatic heterocycles. The fourth-order valence-electron chi connectivity index (χ4n) is 1.66. The van der Waals surface area contributed by atoms with Crippen LogP contribution < -0.4 is 11.1 Å². The molecule has 0 heterocycles. The van der Waals surface area contributed by atoms with E-state index < -0.39 is 11.5 Å². The van der Waals surface area contributed by atoms with Gasteiger partial charge in [0, 0.05) is 13.0 Å². The van der Waals surface area contributed by atoms with Crippen LogP contribution in [0.1, 0.15) is 39.0 Å². The molecule has 16 heavy (non-hydrogen) atoms. The van der Waals surface area contributed by atoms with Crippen molar-refractivity contribution in [2.45, 2.75) is 44.6 Å². The molecule has 1 rings (SSSR count). The molecular formula is C11H20N2O3. The quantitative estimate of drug-likeness (QED) is 0.553. The highest BCUT2D eigenvalue weighted by Gasteiger charge is 2.43. The van der Waals surface area contributed by atoms with Gasteiger partial charge in [-0.3, -0.25) is 9.59 Å². The van der Waals surface area contributed by atoms with Crippen LogP contribution in [0.15, 0.2) is 0 Å². The Bertz CT molecular complexity index is 272. The summed E-state index contributed by atoms with van der Waals surface area (Å²) in [5.41, 5.74) is 5.17. The molecule has 0 aromatic carbocycles. The molecular weight excluding hydrogens is 208 g/mol. The van der Waals surface area contributed by atoms with Gasteiger partial charge >= 0.3 is 5.97 Å². The molecule has 1 amide bonds.